The molecule has 26 heavy (non-hydrogen) atoms. The number of nitrogens with one attached hydrogen (secondary N) is 1. The quantitative estimate of drug-likeness (QED) is 0.238. The maximum Gasteiger partial charge on any atom is 0.329 e. The van der Waals surface area contributed by atoms with Gasteiger partial charge in [0, 0.05) is 31.8 Å². The maximum absolute atomic E-state index is 11.6. The highest BCUT2D eigenvalue weighted by Gasteiger charge is 2.00. The maximum atomic E-state index is 11.6. The van der Waals surface area contributed by atoms with E-state index >= 15 is 0 Å². The largest absolute Gasteiger partial charge is 0.480 e. The monoisotopic (exact) mass is 381 g/mol. The first-order valence-electron chi connectivity index (χ1n) is 8.10. The van der Waals surface area contributed by atoms with Crippen LogP contribution in [0.15, 0.2) is 17.6 Å². The Kier molecular flexibility index (Phi) is 11.8. The summed E-state index contributed by atoms with van der Waals surface area (Å²) in [7, 11) is 0. The summed E-state index contributed by atoms with van der Waals surface area (Å²) in [6, 6.07) is 0. The molecule has 0 aromatic carbocycles. The van der Waals surface area contributed by atoms with Gasteiger partial charge in [-0.15, -0.1) is 0 Å². The molecule has 0 unspecified atom stereocenters. The number of carbonyl (C=O) groups excluding carboxylic acids is 1. The highest BCUT2D eigenvalue weighted by atomic mass is 32.2. The van der Waals surface area contributed by atoms with Crippen LogP contribution in [0.25, 0.3) is 0 Å². The lowest BCUT2D eigenvalue weighted by Gasteiger charge is -2.06. The Morgan fingerprint density at radius 3 is 2.65 bits per heavy atom. The van der Waals surface area contributed by atoms with E-state index in [1.807, 2.05) is 6.26 Å². The zero-order chi connectivity index (χ0) is 19.0. The van der Waals surface area contributed by atoms with Gasteiger partial charge in [0.2, 0.25) is 5.91 Å². The van der Waals surface area contributed by atoms with Gasteiger partial charge in [0.15, 0.2) is 5.16 Å². The van der Waals surface area contributed by atoms with Crippen molar-refractivity contribution >= 4 is 23.6 Å². The smallest absolute Gasteiger partial charge is 0.329 e. The summed E-state index contributed by atoms with van der Waals surface area (Å²) in [5.74, 6) is 4.91. The van der Waals surface area contributed by atoms with Crippen molar-refractivity contribution in [3.8, 4) is 11.8 Å². The molecular formula is C17H23N3O5S. The number of aliphatic carboxylic acids is 1. The van der Waals surface area contributed by atoms with E-state index < -0.39 is 5.97 Å². The van der Waals surface area contributed by atoms with Gasteiger partial charge in [0.1, 0.15) is 6.61 Å². The Balaban J connectivity index is 2.00. The molecule has 0 aliphatic heterocycles. The molecule has 8 nitrogen and oxygen atoms in total. The lowest BCUT2D eigenvalue weighted by atomic mass is 10.2. The van der Waals surface area contributed by atoms with Gasteiger partial charge < -0.3 is 19.9 Å². The number of hydrogen-bond donors (Lipinski definition) is 2. The fourth-order valence-corrected chi connectivity index (χ4v) is 2.03. The first kappa shape index (κ1) is 21.9. The van der Waals surface area contributed by atoms with Crippen LogP contribution in [-0.4, -0.2) is 66.2 Å². The predicted molar refractivity (Wildman–Crippen MR) is 96.8 cm³/mol. The molecule has 0 saturated heterocycles. The van der Waals surface area contributed by atoms with Crippen LogP contribution in [0.3, 0.4) is 0 Å². The van der Waals surface area contributed by atoms with Crippen molar-refractivity contribution in [3.63, 3.8) is 0 Å². The fourth-order valence-electron chi connectivity index (χ4n) is 1.72. The van der Waals surface area contributed by atoms with Crippen LogP contribution >= 0.6 is 11.8 Å². The molecular weight excluding hydrogens is 358 g/mol. The van der Waals surface area contributed by atoms with Gasteiger partial charge in [-0.05, 0) is 12.7 Å². The molecule has 0 bridgehead atoms. The number of aromatic nitrogens is 2. The number of thioether (sulfide) groups is 1. The van der Waals surface area contributed by atoms with Crippen LogP contribution in [0.5, 0.6) is 0 Å². The summed E-state index contributed by atoms with van der Waals surface area (Å²) in [5.41, 5.74) is 0.761. The molecule has 0 radical (unpaired) electrons. The molecule has 0 aliphatic rings. The summed E-state index contributed by atoms with van der Waals surface area (Å²) >= 11 is 1.48. The van der Waals surface area contributed by atoms with Crippen molar-refractivity contribution < 1.29 is 24.2 Å². The van der Waals surface area contributed by atoms with Gasteiger partial charge in [-0.2, -0.15) is 0 Å². The van der Waals surface area contributed by atoms with Gasteiger partial charge in [-0.3, -0.25) is 4.79 Å². The Bertz CT molecular complexity index is 613. The highest BCUT2D eigenvalue weighted by molar-refractivity contribution is 7.98. The number of nitrogens with zero attached hydrogens (tertiary/aromatic N) is 2. The average Bonchev–Trinajstić information content (AvgIpc) is 2.64. The van der Waals surface area contributed by atoms with E-state index in [9.17, 15) is 9.59 Å². The van der Waals surface area contributed by atoms with E-state index in [1.54, 1.807) is 12.4 Å². The SMILES string of the molecule is CSc1ncc(C#CCCCC(=O)NCCOCCOCC(=O)O)cn1. The summed E-state index contributed by atoms with van der Waals surface area (Å²) in [4.78, 5) is 30.1. The van der Waals surface area contributed by atoms with Crippen LogP contribution < -0.4 is 5.32 Å². The number of ether oxygens (including phenoxy) is 2. The zero-order valence-electron chi connectivity index (χ0n) is 14.7. The molecule has 2 N–H and O–H groups in total. The number of rotatable bonds is 12. The minimum Gasteiger partial charge on any atom is -0.480 e. The predicted octanol–water partition coefficient (Wildman–Crippen LogP) is 0.954. The number of carbonyl (C=O) groups is 2. The number of amides is 1. The third-order valence-corrected chi connectivity index (χ3v) is 3.49. The van der Waals surface area contributed by atoms with Crippen LogP contribution in [0, 0.1) is 11.8 Å². The Morgan fingerprint density at radius 2 is 1.96 bits per heavy atom. The number of carboxylic acids is 1. The summed E-state index contributed by atoms with van der Waals surface area (Å²) in [6.45, 7) is 0.931. The van der Waals surface area contributed by atoms with Crippen LogP contribution in [0.2, 0.25) is 0 Å². The van der Waals surface area contributed by atoms with E-state index in [-0.39, 0.29) is 19.1 Å². The van der Waals surface area contributed by atoms with Crippen molar-refractivity contribution in [2.24, 2.45) is 0 Å². The van der Waals surface area contributed by atoms with Crippen molar-refractivity contribution in [3.05, 3.63) is 18.0 Å². The van der Waals surface area contributed by atoms with Crippen LogP contribution in [-0.2, 0) is 19.1 Å². The molecule has 1 amide bonds. The van der Waals surface area contributed by atoms with Crippen molar-refractivity contribution in [2.45, 2.75) is 24.4 Å². The number of hydrogen-bond acceptors (Lipinski definition) is 7. The van der Waals surface area contributed by atoms with Crippen molar-refractivity contribution in [1.29, 1.82) is 0 Å². The third-order valence-electron chi connectivity index (χ3n) is 2.92. The standard InChI is InChI=1S/C17H23N3O5S/c1-26-17-19-11-14(12-20-17)5-3-2-4-6-15(21)18-7-8-24-9-10-25-13-16(22)23/h11-12H,2,4,6-10,13H2,1H3,(H,18,21)(H,22,23). The van der Waals surface area contributed by atoms with E-state index in [0.29, 0.717) is 44.2 Å². The molecule has 0 saturated carbocycles. The van der Waals surface area contributed by atoms with Gasteiger partial charge in [-0.25, -0.2) is 14.8 Å². The van der Waals surface area contributed by atoms with Crippen molar-refractivity contribution in [1.82, 2.24) is 15.3 Å². The second kappa shape index (κ2) is 14.1. The second-order valence-corrected chi connectivity index (χ2v) is 5.80. The summed E-state index contributed by atoms with van der Waals surface area (Å²) < 4.78 is 10.0. The minimum absolute atomic E-state index is 0.0508. The normalized spacial score (nSPS) is 10.0. The number of carboxylic acid groups (broad SMARTS) is 1. The van der Waals surface area contributed by atoms with E-state index in [0.717, 1.165) is 5.56 Å². The topological polar surface area (TPSA) is 111 Å². The van der Waals surface area contributed by atoms with Gasteiger partial charge in [0.05, 0.1) is 25.4 Å². The Hall–Kier alpha value is -2.15. The zero-order valence-corrected chi connectivity index (χ0v) is 15.5. The molecule has 1 aromatic heterocycles. The highest BCUT2D eigenvalue weighted by Crippen LogP contribution is 2.06. The van der Waals surface area contributed by atoms with Gasteiger partial charge in [0.25, 0.3) is 0 Å². The third kappa shape index (κ3) is 11.4. The first-order chi connectivity index (χ1) is 12.6. The minimum atomic E-state index is -1.01. The molecule has 1 rings (SSSR count). The Labute approximate surface area is 157 Å². The van der Waals surface area contributed by atoms with Gasteiger partial charge >= 0.3 is 5.97 Å². The molecule has 1 aromatic rings. The molecule has 0 aliphatic carbocycles. The Morgan fingerprint density at radius 1 is 1.23 bits per heavy atom. The lowest BCUT2D eigenvalue weighted by molar-refractivity contribution is -0.142. The molecule has 0 spiro atoms. The second-order valence-electron chi connectivity index (χ2n) is 5.02. The van der Waals surface area contributed by atoms with Gasteiger partial charge in [-0.1, -0.05) is 23.6 Å². The fraction of sp³-hybridized carbons (Fsp3) is 0.529. The average molecular weight is 381 g/mol. The van der Waals surface area contributed by atoms with Crippen molar-refractivity contribution in [2.75, 3.05) is 39.2 Å². The number of unbranched alkanes of at least 4 members (excludes halogenated alkanes) is 1. The summed E-state index contributed by atoms with van der Waals surface area (Å²) in [5, 5.41) is 11.8. The van der Waals surface area contributed by atoms with E-state index in [4.69, 9.17) is 14.6 Å². The molecule has 142 valence electrons. The first-order valence-corrected chi connectivity index (χ1v) is 9.33. The lowest BCUT2D eigenvalue weighted by Crippen LogP contribution is -2.27. The summed E-state index contributed by atoms with van der Waals surface area (Å²) in [6.07, 6.45) is 6.98. The molecule has 0 atom stereocenters. The molecule has 9 heteroatoms. The van der Waals surface area contributed by atoms with E-state index in [2.05, 4.69) is 27.1 Å². The van der Waals surface area contributed by atoms with Crippen LogP contribution in [0.4, 0.5) is 0 Å². The molecule has 1 heterocycles. The van der Waals surface area contributed by atoms with Crippen LogP contribution in [0.1, 0.15) is 24.8 Å². The molecule has 0 fully saturated rings. The van der Waals surface area contributed by atoms with E-state index in [1.165, 1.54) is 11.8 Å².